The molecule has 110 valence electrons. The van der Waals surface area contributed by atoms with E-state index in [1.54, 1.807) is 10.9 Å². The number of halogens is 1. The Morgan fingerprint density at radius 1 is 1.24 bits per heavy atom. The highest BCUT2D eigenvalue weighted by molar-refractivity contribution is 6.17. The predicted octanol–water partition coefficient (Wildman–Crippen LogP) is 2.04. The Morgan fingerprint density at radius 3 is 2.81 bits per heavy atom. The molecule has 2 heterocycles. The SMILES string of the molecule is O=c1c2c(ncn1CCCl)CCN(Cc1ccccc1)C2. The number of aromatic nitrogens is 2. The maximum atomic E-state index is 12.4. The second-order valence-electron chi connectivity index (χ2n) is 5.30. The molecular weight excluding hydrogens is 286 g/mol. The summed E-state index contributed by atoms with van der Waals surface area (Å²) in [5.41, 5.74) is 3.09. The topological polar surface area (TPSA) is 38.1 Å². The number of aryl methyl sites for hydroxylation is 1. The zero-order chi connectivity index (χ0) is 14.7. The lowest BCUT2D eigenvalue weighted by molar-refractivity contribution is 0.240. The molecule has 1 aliphatic heterocycles. The lowest BCUT2D eigenvalue weighted by Crippen LogP contribution is -2.37. The normalized spacial score (nSPS) is 14.9. The van der Waals surface area contributed by atoms with Crippen LogP contribution in [-0.2, 0) is 26.1 Å². The Morgan fingerprint density at radius 2 is 2.05 bits per heavy atom. The van der Waals surface area contributed by atoms with Crippen molar-refractivity contribution in [2.75, 3.05) is 12.4 Å². The van der Waals surface area contributed by atoms with Crippen LogP contribution in [0.25, 0.3) is 0 Å². The molecule has 5 heteroatoms. The third kappa shape index (κ3) is 3.17. The van der Waals surface area contributed by atoms with Crippen LogP contribution in [0.2, 0.25) is 0 Å². The van der Waals surface area contributed by atoms with E-state index < -0.39 is 0 Å². The summed E-state index contributed by atoms with van der Waals surface area (Å²) in [5.74, 6) is 0.425. The van der Waals surface area contributed by atoms with E-state index in [1.807, 2.05) is 18.2 Å². The average Bonchev–Trinajstić information content (AvgIpc) is 2.52. The number of rotatable bonds is 4. The van der Waals surface area contributed by atoms with E-state index in [0.29, 0.717) is 19.0 Å². The van der Waals surface area contributed by atoms with Crippen LogP contribution >= 0.6 is 11.6 Å². The molecule has 0 radical (unpaired) electrons. The van der Waals surface area contributed by atoms with Crippen molar-refractivity contribution >= 4 is 11.6 Å². The molecule has 0 saturated heterocycles. The Balaban J connectivity index is 1.81. The molecule has 0 fully saturated rings. The molecule has 1 aliphatic rings. The first-order valence-corrected chi connectivity index (χ1v) is 7.71. The van der Waals surface area contributed by atoms with Gasteiger partial charge >= 0.3 is 0 Å². The van der Waals surface area contributed by atoms with Crippen LogP contribution < -0.4 is 5.56 Å². The second-order valence-corrected chi connectivity index (χ2v) is 5.68. The molecule has 0 saturated carbocycles. The standard InChI is InChI=1S/C16H18ClN3O/c17-7-9-20-12-18-15-6-8-19(11-14(15)16(20)21)10-13-4-2-1-3-5-13/h1-5,12H,6-11H2. The van der Waals surface area contributed by atoms with Gasteiger partial charge in [0.2, 0.25) is 0 Å². The van der Waals surface area contributed by atoms with E-state index in [-0.39, 0.29) is 5.56 Å². The monoisotopic (exact) mass is 303 g/mol. The zero-order valence-electron chi connectivity index (χ0n) is 11.8. The Hall–Kier alpha value is -1.65. The number of hydrogen-bond acceptors (Lipinski definition) is 3. The minimum absolute atomic E-state index is 0.0541. The third-order valence-corrected chi connectivity index (χ3v) is 4.01. The van der Waals surface area contributed by atoms with Crippen molar-refractivity contribution in [1.82, 2.24) is 14.5 Å². The summed E-state index contributed by atoms with van der Waals surface area (Å²) in [6.45, 7) is 2.98. The highest BCUT2D eigenvalue weighted by Crippen LogP contribution is 2.16. The van der Waals surface area contributed by atoms with Gasteiger partial charge in [-0.1, -0.05) is 30.3 Å². The van der Waals surface area contributed by atoms with Gasteiger partial charge in [-0.25, -0.2) is 4.98 Å². The van der Waals surface area contributed by atoms with Crippen molar-refractivity contribution in [3.05, 3.63) is 63.8 Å². The van der Waals surface area contributed by atoms with E-state index in [0.717, 1.165) is 30.8 Å². The third-order valence-electron chi connectivity index (χ3n) is 3.84. The van der Waals surface area contributed by atoms with Gasteiger partial charge in [0.15, 0.2) is 0 Å². The van der Waals surface area contributed by atoms with Crippen molar-refractivity contribution in [2.45, 2.75) is 26.1 Å². The van der Waals surface area contributed by atoms with Crippen LogP contribution in [0.1, 0.15) is 16.8 Å². The van der Waals surface area contributed by atoms with Gasteiger partial charge in [0.1, 0.15) is 0 Å². The Labute approximate surface area is 129 Å². The minimum atomic E-state index is 0.0541. The highest BCUT2D eigenvalue weighted by atomic mass is 35.5. The number of alkyl halides is 1. The molecule has 0 bridgehead atoms. The van der Waals surface area contributed by atoms with Gasteiger partial charge in [0.05, 0.1) is 17.6 Å². The van der Waals surface area contributed by atoms with E-state index in [4.69, 9.17) is 11.6 Å². The summed E-state index contributed by atoms with van der Waals surface area (Å²) in [4.78, 5) is 19.2. The first kappa shape index (κ1) is 14.3. The quantitative estimate of drug-likeness (QED) is 0.811. The van der Waals surface area contributed by atoms with Crippen LogP contribution in [0.3, 0.4) is 0 Å². The number of hydrogen-bond donors (Lipinski definition) is 0. The van der Waals surface area contributed by atoms with E-state index in [9.17, 15) is 4.79 Å². The fourth-order valence-corrected chi connectivity index (χ4v) is 2.92. The Bertz CT molecular complexity index is 669. The summed E-state index contributed by atoms with van der Waals surface area (Å²) in [7, 11) is 0. The first-order chi connectivity index (χ1) is 10.3. The average molecular weight is 304 g/mol. The molecule has 0 N–H and O–H groups in total. The van der Waals surface area contributed by atoms with Crippen molar-refractivity contribution in [1.29, 1.82) is 0 Å². The summed E-state index contributed by atoms with van der Waals surface area (Å²) < 4.78 is 1.61. The molecule has 0 amide bonds. The van der Waals surface area contributed by atoms with Gasteiger partial charge in [0, 0.05) is 38.5 Å². The fraction of sp³-hybridized carbons (Fsp3) is 0.375. The largest absolute Gasteiger partial charge is 0.298 e. The summed E-state index contributed by atoms with van der Waals surface area (Å²) in [6, 6.07) is 10.3. The number of nitrogens with zero attached hydrogens (tertiary/aromatic N) is 3. The molecule has 0 atom stereocenters. The summed E-state index contributed by atoms with van der Waals surface area (Å²) in [6.07, 6.45) is 2.45. The van der Waals surface area contributed by atoms with Crippen LogP contribution in [0.5, 0.6) is 0 Å². The lowest BCUT2D eigenvalue weighted by atomic mass is 10.1. The van der Waals surface area contributed by atoms with Crippen LogP contribution in [-0.4, -0.2) is 26.9 Å². The molecule has 4 nitrogen and oxygen atoms in total. The first-order valence-electron chi connectivity index (χ1n) is 7.17. The second kappa shape index (κ2) is 6.41. The molecule has 0 spiro atoms. The van der Waals surface area contributed by atoms with E-state index in [1.165, 1.54) is 5.56 Å². The lowest BCUT2D eigenvalue weighted by Gasteiger charge is -2.28. The summed E-state index contributed by atoms with van der Waals surface area (Å²) in [5, 5.41) is 0. The van der Waals surface area contributed by atoms with Crippen LogP contribution in [0.4, 0.5) is 0 Å². The molecule has 0 aliphatic carbocycles. The number of benzene rings is 1. The van der Waals surface area contributed by atoms with Gasteiger partial charge in [-0.3, -0.25) is 14.3 Å². The van der Waals surface area contributed by atoms with Crippen molar-refractivity contribution in [2.24, 2.45) is 0 Å². The molecule has 0 unspecified atom stereocenters. The Kier molecular flexibility index (Phi) is 4.36. The van der Waals surface area contributed by atoms with E-state index in [2.05, 4.69) is 22.0 Å². The maximum Gasteiger partial charge on any atom is 0.258 e. The van der Waals surface area contributed by atoms with Gasteiger partial charge in [-0.15, -0.1) is 11.6 Å². The molecule has 1 aromatic carbocycles. The molecule has 2 aromatic rings. The predicted molar refractivity (Wildman–Crippen MR) is 83.5 cm³/mol. The fourth-order valence-electron chi connectivity index (χ4n) is 2.73. The summed E-state index contributed by atoms with van der Waals surface area (Å²) >= 11 is 5.73. The van der Waals surface area contributed by atoms with Gasteiger partial charge < -0.3 is 0 Å². The van der Waals surface area contributed by atoms with Crippen LogP contribution in [0, 0.1) is 0 Å². The maximum absolute atomic E-state index is 12.4. The highest BCUT2D eigenvalue weighted by Gasteiger charge is 2.21. The van der Waals surface area contributed by atoms with Crippen molar-refractivity contribution in [3.63, 3.8) is 0 Å². The minimum Gasteiger partial charge on any atom is -0.298 e. The molecule has 3 rings (SSSR count). The van der Waals surface area contributed by atoms with Gasteiger partial charge in [-0.05, 0) is 5.56 Å². The van der Waals surface area contributed by atoms with E-state index >= 15 is 0 Å². The molecular formula is C16H18ClN3O. The van der Waals surface area contributed by atoms with Gasteiger partial charge in [0.25, 0.3) is 5.56 Å². The number of fused-ring (bicyclic) bond motifs is 1. The zero-order valence-corrected chi connectivity index (χ0v) is 12.6. The molecule has 1 aromatic heterocycles. The van der Waals surface area contributed by atoms with Crippen molar-refractivity contribution in [3.8, 4) is 0 Å². The molecule has 21 heavy (non-hydrogen) atoms. The van der Waals surface area contributed by atoms with Crippen LogP contribution in [0.15, 0.2) is 41.5 Å². The smallest absolute Gasteiger partial charge is 0.258 e. The van der Waals surface area contributed by atoms with Gasteiger partial charge in [-0.2, -0.15) is 0 Å². The van der Waals surface area contributed by atoms with Crippen molar-refractivity contribution < 1.29 is 0 Å².